The summed E-state index contributed by atoms with van der Waals surface area (Å²) in [6, 6.07) is 4.51. The highest BCUT2D eigenvalue weighted by atomic mass is 16.4. The van der Waals surface area contributed by atoms with Crippen LogP contribution in [0.4, 0.5) is 0 Å². The van der Waals surface area contributed by atoms with Gasteiger partial charge in [0.1, 0.15) is 17.1 Å². The molecule has 0 aliphatic heterocycles. The van der Waals surface area contributed by atoms with Crippen molar-refractivity contribution >= 4 is 11.9 Å². The van der Waals surface area contributed by atoms with E-state index in [1.54, 1.807) is 26.1 Å². The first-order chi connectivity index (χ1) is 9.95. The third-order valence-electron chi connectivity index (χ3n) is 3.43. The van der Waals surface area contributed by atoms with Gasteiger partial charge in [-0.15, -0.1) is 0 Å². The van der Waals surface area contributed by atoms with Gasteiger partial charge in [-0.05, 0) is 19.1 Å². The Hall–Kier alpha value is -2.50. The minimum atomic E-state index is -1.10. The van der Waals surface area contributed by atoms with Crippen LogP contribution >= 0.6 is 0 Å². The molecule has 6 nitrogen and oxygen atoms in total. The van der Waals surface area contributed by atoms with Crippen LogP contribution in [0.5, 0.6) is 0 Å². The van der Waals surface area contributed by atoms with Crippen LogP contribution in [-0.4, -0.2) is 28.9 Å². The van der Waals surface area contributed by atoms with Crippen molar-refractivity contribution in [3.05, 3.63) is 47.3 Å². The van der Waals surface area contributed by atoms with Crippen LogP contribution in [0.15, 0.2) is 33.3 Å². The summed E-state index contributed by atoms with van der Waals surface area (Å²) in [6.45, 7) is 3.59. The van der Waals surface area contributed by atoms with Crippen LogP contribution in [0.25, 0.3) is 0 Å². The number of amides is 1. The first kappa shape index (κ1) is 14.9. The smallest absolute Gasteiger partial charge is 0.339 e. The fraction of sp³-hybridized carbons (Fsp3) is 0.333. The zero-order valence-corrected chi connectivity index (χ0v) is 12.1. The molecule has 1 amide bonds. The van der Waals surface area contributed by atoms with Gasteiger partial charge in [0.15, 0.2) is 5.76 Å². The van der Waals surface area contributed by atoms with Crippen LogP contribution in [-0.2, 0) is 6.42 Å². The van der Waals surface area contributed by atoms with Gasteiger partial charge in [-0.3, -0.25) is 4.79 Å². The molecule has 0 aromatic carbocycles. The van der Waals surface area contributed by atoms with Crippen LogP contribution in [0, 0.1) is 0 Å². The zero-order valence-electron chi connectivity index (χ0n) is 12.1. The quantitative estimate of drug-likeness (QED) is 0.915. The van der Waals surface area contributed by atoms with Crippen molar-refractivity contribution in [3.63, 3.8) is 0 Å². The maximum Gasteiger partial charge on any atom is 0.339 e. The molecule has 2 aromatic rings. The van der Waals surface area contributed by atoms with Crippen molar-refractivity contribution in [2.75, 3.05) is 7.05 Å². The number of carboxylic acid groups (broad SMARTS) is 1. The number of aryl methyl sites for hydroxylation is 1. The van der Waals surface area contributed by atoms with Crippen molar-refractivity contribution in [1.82, 2.24) is 4.90 Å². The third-order valence-corrected chi connectivity index (χ3v) is 3.43. The number of carboxylic acids is 1. The molecule has 0 fully saturated rings. The minimum Gasteiger partial charge on any atom is -0.478 e. The molecule has 0 spiro atoms. The number of rotatable bonds is 5. The summed E-state index contributed by atoms with van der Waals surface area (Å²) in [5.74, 6) is -0.529. The summed E-state index contributed by atoms with van der Waals surface area (Å²) in [4.78, 5) is 24.9. The molecule has 1 N–H and O–H groups in total. The minimum absolute atomic E-state index is 0.0187. The fourth-order valence-corrected chi connectivity index (χ4v) is 2.05. The number of furan rings is 2. The lowest BCUT2D eigenvalue weighted by Gasteiger charge is -2.22. The summed E-state index contributed by atoms with van der Waals surface area (Å²) < 4.78 is 10.6. The lowest BCUT2D eigenvalue weighted by Crippen LogP contribution is -2.29. The topological polar surface area (TPSA) is 83.9 Å². The molecule has 112 valence electrons. The van der Waals surface area contributed by atoms with Crippen LogP contribution in [0.3, 0.4) is 0 Å². The van der Waals surface area contributed by atoms with Gasteiger partial charge in [0.05, 0.1) is 12.3 Å². The van der Waals surface area contributed by atoms with Crippen LogP contribution in [0.2, 0.25) is 0 Å². The third kappa shape index (κ3) is 2.84. The standard InChI is InChI=1S/C15H17NO5/c1-4-11-10(15(18)19)8-13(21-11)14(17)16(3)9(2)12-6-5-7-20-12/h5-9H,4H2,1-3H3,(H,18,19). The van der Waals surface area contributed by atoms with Crippen molar-refractivity contribution in [1.29, 1.82) is 0 Å². The summed E-state index contributed by atoms with van der Waals surface area (Å²) in [5.41, 5.74) is 0.0277. The van der Waals surface area contributed by atoms with E-state index in [4.69, 9.17) is 13.9 Å². The van der Waals surface area contributed by atoms with Gasteiger partial charge in [-0.25, -0.2) is 4.79 Å². The molecule has 1 atom stereocenters. The normalized spacial score (nSPS) is 12.1. The van der Waals surface area contributed by atoms with Gasteiger partial charge in [-0.1, -0.05) is 6.92 Å². The second kappa shape index (κ2) is 5.87. The van der Waals surface area contributed by atoms with E-state index < -0.39 is 5.97 Å². The maximum absolute atomic E-state index is 12.4. The van der Waals surface area contributed by atoms with Crippen LogP contribution in [0.1, 0.15) is 52.3 Å². The number of aromatic carboxylic acids is 1. The Kier molecular flexibility index (Phi) is 4.16. The van der Waals surface area contributed by atoms with Gasteiger partial charge in [0.25, 0.3) is 5.91 Å². The van der Waals surface area contributed by atoms with E-state index in [2.05, 4.69) is 0 Å². The monoisotopic (exact) mass is 291 g/mol. The van der Waals surface area contributed by atoms with Crippen molar-refractivity contribution in [3.8, 4) is 0 Å². The molecule has 0 bridgehead atoms. The lowest BCUT2D eigenvalue weighted by atomic mass is 10.2. The summed E-state index contributed by atoms with van der Waals surface area (Å²) in [7, 11) is 1.62. The van der Waals surface area contributed by atoms with E-state index in [-0.39, 0.29) is 23.3 Å². The summed E-state index contributed by atoms with van der Waals surface area (Å²) >= 11 is 0. The highest BCUT2D eigenvalue weighted by Gasteiger charge is 2.26. The highest BCUT2D eigenvalue weighted by Crippen LogP contribution is 2.23. The molecular weight excluding hydrogens is 274 g/mol. The number of hydrogen-bond acceptors (Lipinski definition) is 4. The number of carbonyl (C=O) groups excluding carboxylic acids is 1. The Bertz CT molecular complexity index is 641. The second-order valence-electron chi connectivity index (χ2n) is 4.71. The zero-order chi connectivity index (χ0) is 15.6. The number of hydrogen-bond donors (Lipinski definition) is 1. The largest absolute Gasteiger partial charge is 0.478 e. The van der Waals surface area contributed by atoms with Gasteiger partial charge in [-0.2, -0.15) is 0 Å². The van der Waals surface area contributed by atoms with Crippen molar-refractivity contribution < 1.29 is 23.5 Å². The first-order valence-electron chi connectivity index (χ1n) is 6.62. The van der Waals surface area contributed by atoms with E-state index in [1.807, 2.05) is 6.92 Å². The average Bonchev–Trinajstić information content (AvgIpc) is 3.13. The molecule has 2 aromatic heterocycles. The molecule has 0 aliphatic carbocycles. The molecule has 2 heterocycles. The number of carbonyl (C=O) groups is 2. The fourth-order valence-electron chi connectivity index (χ4n) is 2.05. The van der Waals surface area contributed by atoms with Gasteiger partial charge in [0.2, 0.25) is 0 Å². The number of nitrogens with zero attached hydrogens (tertiary/aromatic N) is 1. The van der Waals surface area contributed by atoms with E-state index >= 15 is 0 Å². The summed E-state index contributed by atoms with van der Waals surface area (Å²) in [6.07, 6.45) is 1.95. The molecule has 0 saturated heterocycles. The van der Waals surface area contributed by atoms with E-state index in [1.165, 1.54) is 17.2 Å². The molecule has 2 rings (SSSR count). The summed E-state index contributed by atoms with van der Waals surface area (Å²) in [5, 5.41) is 9.09. The molecule has 0 saturated carbocycles. The molecule has 6 heteroatoms. The Morgan fingerprint density at radius 1 is 1.43 bits per heavy atom. The van der Waals surface area contributed by atoms with Crippen molar-refractivity contribution in [2.24, 2.45) is 0 Å². The van der Waals surface area contributed by atoms with Gasteiger partial charge < -0.3 is 18.8 Å². The van der Waals surface area contributed by atoms with Gasteiger partial charge >= 0.3 is 5.97 Å². The Labute approximate surface area is 122 Å². The first-order valence-corrected chi connectivity index (χ1v) is 6.62. The van der Waals surface area contributed by atoms with Gasteiger partial charge in [0, 0.05) is 19.5 Å². The van der Waals surface area contributed by atoms with Crippen LogP contribution < -0.4 is 0 Å². The van der Waals surface area contributed by atoms with E-state index in [0.717, 1.165) is 0 Å². The Morgan fingerprint density at radius 3 is 2.62 bits per heavy atom. The SMILES string of the molecule is CCc1oc(C(=O)N(C)C(C)c2ccco2)cc1C(=O)O. The molecule has 0 radical (unpaired) electrons. The lowest BCUT2D eigenvalue weighted by molar-refractivity contribution is 0.0683. The highest BCUT2D eigenvalue weighted by molar-refractivity contribution is 5.96. The average molecular weight is 291 g/mol. The van der Waals surface area contributed by atoms with E-state index in [9.17, 15) is 9.59 Å². The Balaban J connectivity index is 2.25. The molecule has 21 heavy (non-hydrogen) atoms. The van der Waals surface area contributed by atoms with Crippen molar-refractivity contribution in [2.45, 2.75) is 26.3 Å². The predicted molar refractivity (Wildman–Crippen MR) is 74.3 cm³/mol. The Morgan fingerprint density at radius 2 is 2.14 bits per heavy atom. The predicted octanol–water partition coefficient (Wildman–Crippen LogP) is 2.97. The van der Waals surface area contributed by atoms with E-state index in [0.29, 0.717) is 17.9 Å². The molecule has 0 aliphatic rings. The second-order valence-corrected chi connectivity index (χ2v) is 4.71. The maximum atomic E-state index is 12.4. The molecule has 1 unspecified atom stereocenters. The molecular formula is C15H17NO5.